The average Bonchev–Trinajstić information content (AvgIpc) is 2.36. The van der Waals surface area contributed by atoms with Crippen LogP contribution in [0.1, 0.15) is 38.3 Å². The van der Waals surface area contributed by atoms with Crippen molar-refractivity contribution in [2.24, 2.45) is 5.84 Å². The number of amides is 1. The number of hydrazine groups is 1. The normalized spacial score (nSPS) is 11.2. The molecule has 1 aromatic rings. The van der Waals surface area contributed by atoms with E-state index >= 15 is 0 Å². The van der Waals surface area contributed by atoms with Gasteiger partial charge in [-0.05, 0) is 44.7 Å². The van der Waals surface area contributed by atoms with E-state index in [0.29, 0.717) is 6.54 Å². The molecule has 0 aliphatic carbocycles. The van der Waals surface area contributed by atoms with Crippen molar-refractivity contribution in [1.29, 1.82) is 0 Å². The van der Waals surface area contributed by atoms with Gasteiger partial charge >= 0.3 is 6.09 Å². The Balaban J connectivity index is 2.36. The summed E-state index contributed by atoms with van der Waals surface area (Å²) in [7, 11) is 0. The molecule has 0 radical (unpaired) electrons. The van der Waals surface area contributed by atoms with Gasteiger partial charge in [0, 0.05) is 13.1 Å². The van der Waals surface area contributed by atoms with Crippen LogP contribution in [-0.4, -0.2) is 18.2 Å². The van der Waals surface area contributed by atoms with Crippen molar-refractivity contribution in [2.75, 3.05) is 6.54 Å². The lowest BCUT2D eigenvalue weighted by molar-refractivity contribution is 0.0523. The summed E-state index contributed by atoms with van der Waals surface area (Å²) in [6.07, 6.45) is 1.60. The topological polar surface area (TPSA) is 76.4 Å². The first kappa shape index (κ1) is 16.5. The second kappa shape index (κ2) is 7.87. The lowest BCUT2D eigenvalue weighted by Gasteiger charge is -2.19. The zero-order valence-electron chi connectivity index (χ0n) is 12.5. The molecule has 5 nitrogen and oxygen atoms in total. The molecule has 4 N–H and O–H groups in total. The second-order valence-corrected chi connectivity index (χ2v) is 5.73. The van der Waals surface area contributed by atoms with Crippen LogP contribution in [0.2, 0.25) is 0 Å². The molecule has 0 unspecified atom stereocenters. The van der Waals surface area contributed by atoms with Gasteiger partial charge in [0.15, 0.2) is 0 Å². The van der Waals surface area contributed by atoms with Crippen molar-refractivity contribution >= 4 is 6.09 Å². The largest absolute Gasteiger partial charge is 0.444 e. The lowest BCUT2D eigenvalue weighted by atomic mass is 10.1. The Morgan fingerprint density at radius 2 is 1.80 bits per heavy atom. The van der Waals surface area contributed by atoms with Crippen molar-refractivity contribution in [3.63, 3.8) is 0 Å². The maximum atomic E-state index is 11.5. The summed E-state index contributed by atoms with van der Waals surface area (Å²) in [6, 6.07) is 8.18. The van der Waals surface area contributed by atoms with Gasteiger partial charge < -0.3 is 10.1 Å². The first-order valence-electron chi connectivity index (χ1n) is 6.89. The highest BCUT2D eigenvalue weighted by molar-refractivity contribution is 5.67. The molecular weight excluding hydrogens is 254 g/mol. The maximum Gasteiger partial charge on any atom is 0.407 e. The molecule has 0 saturated carbocycles. The van der Waals surface area contributed by atoms with Crippen LogP contribution in [0.25, 0.3) is 0 Å². The number of hydrogen-bond donors (Lipinski definition) is 3. The van der Waals surface area contributed by atoms with Gasteiger partial charge in [-0.2, -0.15) is 0 Å². The van der Waals surface area contributed by atoms with Gasteiger partial charge in [0.2, 0.25) is 0 Å². The maximum absolute atomic E-state index is 11.5. The standard InChI is InChI=1S/C15H25N3O2/c1-15(2,3)20-14(19)17-11-13-8-6-12(7-9-13)5-4-10-18-16/h6-9,18H,4-5,10-11,16H2,1-3H3,(H,17,19). The van der Waals surface area contributed by atoms with E-state index in [2.05, 4.69) is 22.9 Å². The minimum atomic E-state index is -0.467. The van der Waals surface area contributed by atoms with Crippen LogP contribution in [0.15, 0.2) is 24.3 Å². The molecule has 1 amide bonds. The van der Waals surface area contributed by atoms with E-state index in [9.17, 15) is 4.79 Å². The number of hydrogen-bond acceptors (Lipinski definition) is 4. The molecule has 112 valence electrons. The number of carbonyl (C=O) groups excluding carboxylic acids is 1. The van der Waals surface area contributed by atoms with Gasteiger partial charge in [-0.1, -0.05) is 24.3 Å². The van der Waals surface area contributed by atoms with Crippen molar-refractivity contribution in [3.8, 4) is 0 Å². The summed E-state index contributed by atoms with van der Waals surface area (Å²) in [5.41, 5.74) is 4.49. The summed E-state index contributed by atoms with van der Waals surface area (Å²) in [6.45, 7) is 6.81. The molecule has 1 rings (SSSR count). The Labute approximate surface area is 120 Å². The van der Waals surface area contributed by atoms with Crippen LogP contribution in [0, 0.1) is 0 Å². The van der Waals surface area contributed by atoms with Crippen LogP contribution >= 0.6 is 0 Å². The first-order valence-corrected chi connectivity index (χ1v) is 6.89. The van der Waals surface area contributed by atoms with E-state index in [4.69, 9.17) is 10.6 Å². The molecule has 5 heteroatoms. The quantitative estimate of drug-likeness (QED) is 0.423. The van der Waals surface area contributed by atoms with Crippen LogP contribution in [0.4, 0.5) is 4.79 Å². The van der Waals surface area contributed by atoms with E-state index in [1.165, 1.54) is 5.56 Å². The molecule has 0 heterocycles. The molecular formula is C15H25N3O2. The van der Waals surface area contributed by atoms with Gasteiger partial charge in [-0.25, -0.2) is 4.79 Å². The Morgan fingerprint density at radius 3 is 2.35 bits per heavy atom. The summed E-state index contributed by atoms with van der Waals surface area (Å²) >= 11 is 0. The SMILES string of the molecule is CC(C)(C)OC(=O)NCc1ccc(CCCNN)cc1. The summed E-state index contributed by atoms with van der Waals surface area (Å²) in [5.74, 6) is 5.23. The average molecular weight is 279 g/mol. The molecule has 1 aromatic carbocycles. The zero-order chi connectivity index (χ0) is 15.0. The van der Waals surface area contributed by atoms with Crippen molar-refractivity contribution in [1.82, 2.24) is 10.7 Å². The molecule has 0 saturated heterocycles. The van der Waals surface area contributed by atoms with Crippen LogP contribution in [-0.2, 0) is 17.7 Å². The molecule has 0 bridgehead atoms. The number of benzene rings is 1. The fourth-order valence-electron chi connectivity index (χ4n) is 1.71. The van der Waals surface area contributed by atoms with Gasteiger partial charge in [0.05, 0.1) is 0 Å². The van der Waals surface area contributed by atoms with E-state index in [1.807, 2.05) is 32.9 Å². The number of nitrogens with two attached hydrogens (primary N) is 1. The predicted molar refractivity (Wildman–Crippen MR) is 80.0 cm³/mol. The van der Waals surface area contributed by atoms with E-state index in [0.717, 1.165) is 24.9 Å². The molecule has 0 aliphatic rings. The van der Waals surface area contributed by atoms with Crippen molar-refractivity contribution < 1.29 is 9.53 Å². The Hall–Kier alpha value is -1.59. The van der Waals surface area contributed by atoms with E-state index < -0.39 is 11.7 Å². The van der Waals surface area contributed by atoms with Gasteiger partial charge in [-0.3, -0.25) is 11.3 Å². The highest BCUT2D eigenvalue weighted by Gasteiger charge is 2.15. The number of ether oxygens (including phenoxy) is 1. The van der Waals surface area contributed by atoms with Crippen LogP contribution in [0.5, 0.6) is 0 Å². The predicted octanol–water partition coefficient (Wildman–Crippen LogP) is 2.11. The second-order valence-electron chi connectivity index (χ2n) is 5.73. The molecule has 20 heavy (non-hydrogen) atoms. The summed E-state index contributed by atoms with van der Waals surface area (Å²) in [4.78, 5) is 11.5. The molecule has 0 atom stereocenters. The number of rotatable bonds is 6. The number of alkyl carbamates (subject to hydrolysis) is 1. The Kier molecular flexibility index (Phi) is 6.48. The minimum absolute atomic E-state index is 0.393. The Morgan fingerprint density at radius 1 is 1.20 bits per heavy atom. The van der Waals surface area contributed by atoms with Crippen LogP contribution in [0.3, 0.4) is 0 Å². The highest BCUT2D eigenvalue weighted by atomic mass is 16.6. The summed E-state index contributed by atoms with van der Waals surface area (Å²) in [5, 5.41) is 2.74. The van der Waals surface area contributed by atoms with Gasteiger partial charge in [0.1, 0.15) is 5.60 Å². The number of nitrogens with one attached hydrogen (secondary N) is 2. The van der Waals surface area contributed by atoms with E-state index in [1.54, 1.807) is 0 Å². The minimum Gasteiger partial charge on any atom is -0.444 e. The third kappa shape index (κ3) is 7.11. The fourth-order valence-corrected chi connectivity index (χ4v) is 1.71. The molecule has 0 aromatic heterocycles. The lowest BCUT2D eigenvalue weighted by Crippen LogP contribution is -2.32. The Bertz CT molecular complexity index is 410. The molecule has 0 spiro atoms. The third-order valence-corrected chi connectivity index (χ3v) is 2.65. The zero-order valence-corrected chi connectivity index (χ0v) is 12.5. The van der Waals surface area contributed by atoms with Crippen molar-refractivity contribution in [2.45, 2.75) is 45.8 Å². The molecule has 0 aliphatic heterocycles. The van der Waals surface area contributed by atoms with Gasteiger partial charge in [-0.15, -0.1) is 0 Å². The summed E-state index contributed by atoms with van der Waals surface area (Å²) < 4.78 is 5.18. The number of carbonyl (C=O) groups is 1. The fraction of sp³-hybridized carbons (Fsp3) is 0.533. The highest BCUT2D eigenvalue weighted by Crippen LogP contribution is 2.08. The van der Waals surface area contributed by atoms with E-state index in [-0.39, 0.29) is 0 Å². The van der Waals surface area contributed by atoms with Crippen molar-refractivity contribution in [3.05, 3.63) is 35.4 Å². The smallest absolute Gasteiger partial charge is 0.407 e. The van der Waals surface area contributed by atoms with Crippen LogP contribution < -0.4 is 16.6 Å². The molecule has 0 fully saturated rings. The third-order valence-electron chi connectivity index (χ3n) is 2.65. The number of aryl methyl sites for hydroxylation is 1. The van der Waals surface area contributed by atoms with Gasteiger partial charge in [0.25, 0.3) is 0 Å². The first-order chi connectivity index (χ1) is 9.40. The monoisotopic (exact) mass is 279 g/mol.